The maximum Gasteiger partial charge on any atom is 0.506 e. The molecular weight excluding hydrogens is 218 g/mol. The first-order valence-electron chi connectivity index (χ1n) is 5.43. The van der Waals surface area contributed by atoms with Crippen molar-refractivity contribution >= 4 is 6.98 Å². The fraction of sp³-hybridized carbons (Fsp3) is 0.800. The highest BCUT2D eigenvalue weighted by Gasteiger charge is 2.28. The fourth-order valence-electron chi connectivity index (χ4n) is 1.29. The van der Waals surface area contributed by atoms with Gasteiger partial charge in [-0.25, -0.2) is 0 Å². The Hall–Kier alpha value is -0.485. The van der Waals surface area contributed by atoms with E-state index in [1.165, 1.54) is 7.11 Å². The van der Waals surface area contributed by atoms with Gasteiger partial charge in [0.05, 0.1) is 6.61 Å². The van der Waals surface area contributed by atoms with Gasteiger partial charge in [-0.15, -0.1) is 12.1 Å². The first kappa shape index (κ1) is 15.5. The zero-order valence-corrected chi connectivity index (χ0v) is 10.2. The molecule has 0 aliphatic rings. The van der Waals surface area contributed by atoms with Crippen LogP contribution in [0.1, 0.15) is 20.3 Å². The summed E-state index contributed by atoms with van der Waals surface area (Å²) in [7, 11) is 1.54. The van der Waals surface area contributed by atoms with Crippen LogP contribution in [0.15, 0.2) is 12.1 Å². The minimum Gasteiger partial charge on any atom is -0.445 e. The molecule has 0 rings (SSSR count). The van der Waals surface area contributed by atoms with Gasteiger partial charge < -0.3 is 17.7 Å². The molecule has 1 atom stereocenters. The Balaban J connectivity index is 4.36. The van der Waals surface area contributed by atoms with Gasteiger partial charge in [0.1, 0.15) is 0 Å². The Morgan fingerprint density at radius 1 is 1.44 bits per heavy atom. The van der Waals surface area contributed by atoms with Crippen molar-refractivity contribution in [2.24, 2.45) is 0 Å². The Bertz CT molecular complexity index is 221. The Morgan fingerprint density at radius 2 is 2.00 bits per heavy atom. The second-order valence-electron chi connectivity index (χ2n) is 3.95. The molecule has 0 aromatic rings. The maximum absolute atomic E-state index is 12.4. The molecule has 6 heteroatoms. The molecule has 0 bridgehead atoms. The Kier molecular flexibility index (Phi) is 6.75. The maximum atomic E-state index is 12.4. The van der Waals surface area contributed by atoms with E-state index in [9.17, 15) is 12.9 Å². The molecule has 0 heterocycles. The zero-order valence-electron chi connectivity index (χ0n) is 10.2. The summed E-state index contributed by atoms with van der Waals surface area (Å²) in [5.41, 5.74) is -0.642. The Morgan fingerprint density at radius 3 is 2.38 bits per heavy atom. The lowest BCUT2D eigenvalue weighted by Crippen LogP contribution is -2.40. The van der Waals surface area contributed by atoms with Gasteiger partial charge in [-0.3, -0.25) is 4.90 Å². The number of methoxy groups -OCH3 is 1. The third-order valence-corrected chi connectivity index (χ3v) is 2.67. The molecule has 0 aromatic heterocycles. The van der Waals surface area contributed by atoms with E-state index in [-0.39, 0.29) is 12.6 Å². The molecule has 0 saturated heterocycles. The van der Waals surface area contributed by atoms with E-state index in [4.69, 9.17) is 4.74 Å². The molecule has 96 valence electrons. The fourth-order valence-corrected chi connectivity index (χ4v) is 1.29. The van der Waals surface area contributed by atoms with Gasteiger partial charge in [0.25, 0.3) is 0 Å². The van der Waals surface area contributed by atoms with Crippen molar-refractivity contribution in [3.05, 3.63) is 12.1 Å². The summed E-state index contributed by atoms with van der Waals surface area (Å²) in [6.07, 6.45) is 0.807. The zero-order chi connectivity index (χ0) is 12.8. The summed E-state index contributed by atoms with van der Waals surface area (Å²) in [4.78, 5) is 1.75. The number of hydrogen-bond donors (Lipinski definition) is 0. The molecule has 0 N–H and O–H groups in total. The molecule has 0 spiro atoms. The van der Waals surface area contributed by atoms with Crippen LogP contribution in [-0.2, 0) is 4.74 Å². The SMILES string of the molecule is C=C(CN(CCOC)C(C)CC)[B-](F)(F)F. The van der Waals surface area contributed by atoms with Crippen molar-refractivity contribution in [3.63, 3.8) is 0 Å². The summed E-state index contributed by atoms with van der Waals surface area (Å²) in [6, 6.07) is 0.102. The van der Waals surface area contributed by atoms with Gasteiger partial charge in [0.2, 0.25) is 0 Å². The summed E-state index contributed by atoms with van der Waals surface area (Å²) in [5, 5.41) is 0. The van der Waals surface area contributed by atoms with E-state index in [0.717, 1.165) is 6.42 Å². The first-order chi connectivity index (χ1) is 7.32. The highest BCUT2D eigenvalue weighted by Crippen LogP contribution is 2.20. The van der Waals surface area contributed by atoms with E-state index < -0.39 is 12.4 Å². The molecule has 0 aliphatic heterocycles. The van der Waals surface area contributed by atoms with E-state index in [2.05, 4.69) is 6.58 Å². The van der Waals surface area contributed by atoms with Crippen molar-refractivity contribution < 1.29 is 17.7 Å². The number of halogens is 3. The molecule has 0 fully saturated rings. The molecular formula is C10H20BF3NO-. The lowest BCUT2D eigenvalue weighted by Gasteiger charge is -2.31. The van der Waals surface area contributed by atoms with Crippen molar-refractivity contribution in [1.29, 1.82) is 0 Å². The standard InChI is InChI=1S/C10H20BF3NO/c1-5-10(3)15(6-7-16-4)8-9(2)11(12,13)14/h10H,2,5-8H2,1,3-4H3/q-1. The molecule has 2 nitrogen and oxygen atoms in total. The number of ether oxygens (including phenoxy) is 1. The van der Waals surface area contributed by atoms with Crippen LogP contribution in [0.4, 0.5) is 12.9 Å². The lowest BCUT2D eigenvalue weighted by atomic mass is 9.80. The largest absolute Gasteiger partial charge is 0.506 e. The molecule has 0 aromatic carbocycles. The monoisotopic (exact) mass is 238 g/mol. The highest BCUT2D eigenvalue weighted by molar-refractivity contribution is 6.66. The smallest absolute Gasteiger partial charge is 0.445 e. The van der Waals surface area contributed by atoms with Crippen LogP contribution >= 0.6 is 0 Å². The lowest BCUT2D eigenvalue weighted by molar-refractivity contribution is 0.130. The normalized spacial score (nSPS) is 14.2. The second kappa shape index (κ2) is 6.96. The van der Waals surface area contributed by atoms with Crippen LogP contribution in [0.2, 0.25) is 0 Å². The summed E-state index contributed by atoms with van der Waals surface area (Å²) >= 11 is 0. The van der Waals surface area contributed by atoms with Crippen molar-refractivity contribution in [3.8, 4) is 0 Å². The molecule has 0 amide bonds. The van der Waals surface area contributed by atoms with Crippen LogP contribution in [0, 0.1) is 0 Å². The van der Waals surface area contributed by atoms with Gasteiger partial charge in [0.15, 0.2) is 0 Å². The minimum absolute atomic E-state index is 0.102. The van der Waals surface area contributed by atoms with Crippen LogP contribution in [0.3, 0.4) is 0 Å². The van der Waals surface area contributed by atoms with Gasteiger partial charge in [-0.1, -0.05) is 6.92 Å². The average molecular weight is 238 g/mol. The summed E-state index contributed by atoms with van der Waals surface area (Å²) < 4.78 is 42.1. The van der Waals surface area contributed by atoms with Gasteiger partial charge in [0, 0.05) is 19.7 Å². The predicted molar refractivity (Wildman–Crippen MR) is 61.4 cm³/mol. The molecule has 0 saturated carbocycles. The van der Waals surface area contributed by atoms with E-state index in [1.807, 2.05) is 13.8 Å². The van der Waals surface area contributed by atoms with Crippen LogP contribution in [0.5, 0.6) is 0 Å². The molecule has 1 unspecified atom stereocenters. The predicted octanol–water partition coefficient (Wildman–Crippen LogP) is 2.68. The summed E-state index contributed by atoms with van der Waals surface area (Å²) in [5.74, 6) is 0. The molecule has 0 aliphatic carbocycles. The van der Waals surface area contributed by atoms with Crippen molar-refractivity contribution in [1.82, 2.24) is 4.90 Å². The second-order valence-corrected chi connectivity index (χ2v) is 3.95. The third-order valence-electron chi connectivity index (χ3n) is 2.67. The Labute approximate surface area is 95.5 Å². The third kappa shape index (κ3) is 5.56. The van der Waals surface area contributed by atoms with Crippen LogP contribution in [-0.4, -0.2) is 44.7 Å². The van der Waals surface area contributed by atoms with Crippen LogP contribution < -0.4 is 0 Å². The molecule has 0 radical (unpaired) electrons. The van der Waals surface area contributed by atoms with Crippen molar-refractivity contribution in [2.75, 3.05) is 26.8 Å². The number of hydrogen-bond acceptors (Lipinski definition) is 2. The van der Waals surface area contributed by atoms with E-state index >= 15 is 0 Å². The summed E-state index contributed by atoms with van der Waals surface area (Å²) in [6.45, 7) is 2.84. The number of nitrogens with zero attached hydrogens (tertiary/aromatic N) is 1. The minimum atomic E-state index is -4.93. The van der Waals surface area contributed by atoms with Gasteiger partial charge in [-0.2, -0.15) is 0 Å². The van der Waals surface area contributed by atoms with Gasteiger partial charge >= 0.3 is 6.98 Å². The van der Waals surface area contributed by atoms with E-state index in [0.29, 0.717) is 13.2 Å². The number of rotatable bonds is 8. The quantitative estimate of drug-likeness (QED) is 0.603. The van der Waals surface area contributed by atoms with E-state index in [1.54, 1.807) is 4.90 Å². The van der Waals surface area contributed by atoms with Crippen molar-refractivity contribution in [2.45, 2.75) is 26.3 Å². The average Bonchev–Trinajstić information content (AvgIpc) is 2.21. The van der Waals surface area contributed by atoms with Crippen LogP contribution in [0.25, 0.3) is 0 Å². The van der Waals surface area contributed by atoms with Gasteiger partial charge in [-0.05, 0) is 19.9 Å². The molecule has 16 heavy (non-hydrogen) atoms. The highest BCUT2D eigenvalue weighted by atomic mass is 19.4. The first-order valence-corrected chi connectivity index (χ1v) is 5.43. The topological polar surface area (TPSA) is 12.5 Å².